The monoisotopic (exact) mass is 287 g/mol. The molecule has 2 heterocycles. The first-order chi connectivity index (χ1) is 10.1. The maximum absolute atomic E-state index is 12.2. The lowest BCUT2D eigenvalue weighted by atomic mass is 10.2. The number of aromatic nitrogens is 1. The fourth-order valence-electron chi connectivity index (χ4n) is 2.55. The number of hydrogen-bond acceptors (Lipinski definition) is 3. The number of likely N-dealkylation sites (tertiary alicyclic amines) is 1. The Hall–Kier alpha value is -2.50. The number of fused-ring (bicyclic) bond motifs is 1. The Labute approximate surface area is 122 Å². The summed E-state index contributed by atoms with van der Waals surface area (Å²) in [6.45, 7) is 0.674. The van der Waals surface area contributed by atoms with Crippen LogP contribution in [0.5, 0.6) is 5.75 Å². The van der Waals surface area contributed by atoms with Gasteiger partial charge in [-0.3, -0.25) is 9.59 Å². The fourth-order valence-corrected chi connectivity index (χ4v) is 2.55. The molecule has 1 aliphatic rings. The summed E-state index contributed by atoms with van der Waals surface area (Å²) in [6.07, 6.45) is 0.648. The quantitative estimate of drug-likeness (QED) is 0.889. The summed E-state index contributed by atoms with van der Waals surface area (Å²) in [4.78, 5) is 28.7. The lowest BCUT2D eigenvalue weighted by Crippen LogP contribution is -2.40. The first-order valence-corrected chi connectivity index (χ1v) is 6.81. The van der Waals surface area contributed by atoms with Crippen LogP contribution >= 0.6 is 0 Å². The van der Waals surface area contributed by atoms with E-state index in [1.54, 1.807) is 25.1 Å². The first kappa shape index (κ1) is 13.5. The maximum Gasteiger partial charge on any atom is 0.268 e. The van der Waals surface area contributed by atoms with Crippen molar-refractivity contribution in [3.05, 3.63) is 30.0 Å². The van der Waals surface area contributed by atoms with Crippen molar-refractivity contribution in [2.24, 2.45) is 0 Å². The molecule has 6 heteroatoms. The van der Waals surface area contributed by atoms with Gasteiger partial charge in [-0.05, 0) is 30.7 Å². The number of nitrogens with zero attached hydrogens (tertiary/aromatic N) is 1. The van der Waals surface area contributed by atoms with Gasteiger partial charge in [0.05, 0.1) is 7.11 Å². The van der Waals surface area contributed by atoms with E-state index >= 15 is 0 Å². The molecular weight excluding hydrogens is 270 g/mol. The zero-order chi connectivity index (χ0) is 15.0. The number of H-pyrrole nitrogens is 1. The lowest BCUT2D eigenvalue weighted by Gasteiger charge is -2.11. The summed E-state index contributed by atoms with van der Waals surface area (Å²) >= 11 is 0. The average Bonchev–Trinajstić information content (AvgIpc) is 3.04. The van der Waals surface area contributed by atoms with Crippen LogP contribution in [0.4, 0.5) is 0 Å². The number of rotatable bonds is 3. The number of benzene rings is 1. The van der Waals surface area contributed by atoms with E-state index in [0.29, 0.717) is 18.7 Å². The van der Waals surface area contributed by atoms with Crippen LogP contribution < -0.4 is 10.1 Å². The van der Waals surface area contributed by atoms with Gasteiger partial charge in [-0.1, -0.05) is 0 Å². The van der Waals surface area contributed by atoms with Crippen molar-refractivity contribution in [3.8, 4) is 5.75 Å². The minimum Gasteiger partial charge on any atom is -0.497 e. The molecule has 0 radical (unpaired) electrons. The Balaban J connectivity index is 1.80. The number of aromatic amines is 1. The van der Waals surface area contributed by atoms with Crippen molar-refractivity contribution in [2.75, 3.05) is 20.7 Å². The zero-order valence-electron chi connectivity index (χ0n) is 12.0. The summed E-state index contributed by atoms with van der Waals surface area (Å²) in [5.41, 5.74) is 1.30. The van der Waals surface area contributed by atoms with Crippen LogP contribution in [0.2, 0.25) is 0 Å². The molecule has 1 aromatic heterocycles. The van der Waals surface area contributed by atoms with Crippen molar-refractivity contribution in [1.29, 1.82) is 0 Å². The molecule has 0 spiro atoms. The largest absolute Gasteiger partial charge is 0.497 e. The lowest BCUT2D eigenvalue weighted by molar-refractivity contribution is -0.128. The standard InChI is InChI=1S/C15H17N3O3/c1-18-6-5-12(15(18)20)17-14(19)13-8-9-7-10(21-2)3-4-11(9)16-13/h3-4,7-8,12,16H,5-6H2,1-2H3,(H,17,19). The number of carbonyl (C=O) groups is 2. The predicted molar refractivity (Wildman–Crippen MR) is 78.4 cm³/mol. The van der Waals surface area contributed by atoms with Gasteiger partial charge in [0.1, 0.15) is 17.5 Å². The second-order valence-electron chi connectivity index (χ2n) is 5.21. The third-order valence-corrected chi connectivity index (χ3v) is 3.81. The SMILES string of the molecule is COc1ccc2[nH]c(C(=O)NC3CCN(C)C3=O)cc2c1. The van der Waals surface area contributed by atoms with E-state index in [-0.39, 0.29) is 11.8 Å². The molecule has 2 aromatic rings. The number of hydrogen-bond donors (Lipinski definition) is 2. The Bertz CT molecular complexity index is 707. The van der Waals surface area contributed by atoms with E-state index in [4.69, 9.17) is 4.74 Å². The topological polar surface area (TPSA) is 74.4 Å². The van der Waals surface area contributed by atoms with Crippen molar-refractivity contribution < 1.29 is 14.3 Å². The van der Waals surface area contributed by atoms with E-state index in [1.165, 1.54) is 0 Å². The van der Waals surface area contributed by atoms with Crippen molar-refractivity contribution >= 4 is 22.7 Å². The maximum atomic E-state index is 12.2. The van der Waals surface area contributed by atoms with Gasteiger partial charge in [-0.15, -0.1) is 0 Å². The van der Waals surface area contributed by atoms with Gasteiger partial charge in [0.25, 0.3) is 5.91 Å². The van der Waals surface area contributed by atoms with E-state index < -0.39 is 6.04 Å². The highest BCUT2D eigenvalue weighted by Crippen LogP contribution is 2.21. The molecule has 3 rings (SSSR count). The molecular formula is C15H17N3O3. The Morgan fingerprint density at radius 2 is 2.24 bits per heavy atom. The van der Waals surface area contributed by atoms with Crippen molar-refractivity contribution in [3.63, 3.8) is 0 Å². The highest BCUT2D eigenvalue weighted by molar-refractivity contribution is 6.00. The zero-order valence-corrected chi connectivity index (χ0v) is 12.0. The molecule has 1 atom stereocenters. The van der Waals surface area contributed by atoms with Crippen molar-refractivity contribution in [2.45, 2.75) is 12.5 Å². The van der Waals surface area contributed by atoms with E-state index in [2.05, 4.69) is 10.3 Å². The second-order valence-corrected chi connectivity index (χ2v) is 5.21. The molecule has 0 saturated carbocycles. The smallest absolute Gasteiger partial charge is 0.268 e. The normalized spacial score (nSPS) is 18.3. The van der Waals surface area contributed by atoms with Gasteiger partial charge >= 0.3 is 0 Å². The van der Waals surface area contributed by atoms with Gasteiger partial charge in [-0.2, -0.15) is 0 Å². The minimum absolute atomic E-state index is 0.0406. The summed E-state index contributed by atoms with van der Waals surface area (Å²) in [5, 5.41) is 3.67. The van der Waals surface area contributed by atoms with Crippen LogP contribution in [0.1, 0.15) is 16.9 Å². The highest BCUT2D eigenvalue weighted by Gasteiger charge is 2.30. The van der Waals surface area contributed by atoms with Crippen LogP contribution in [-0.2, 0) is 4.79 Å². The van der Waals surface area contributed by atoms with Crippen LogP contribution in [0, 0.1) is 0 Å². The van der Waals surface area contributed by atoms with Crippen LogP contribution in [-0.4, -0.2) is 48.4 Å². The molecule has 0 aliphatic carbocycles. The van der Waals surface area contributed by atoms with Crippen LogP contribution in [0.3, 0.4) is 0 Å². The molecule has 0 bridgehead atoms. The van der Waals surface area contributed by atoms with Gasteiger partial charge in [0, 0.05) is 24.5 Å². The number of likely N-dealkylation sites (N-methyl/N-ethyl adjacent to an activating group) is 1. The molecule has 1 saturated heterocycles. The Kier molecular flexibility index (Phi) is 3.29. The molecule has 1 aromatic carbocycles. The molecule has 2 N–H and O–H groups in total. The van der Waals surface area contributed by atoms with E-state index in [1.807, 2.05) is 18.2 Å². The molecule has 1 fully saturated rings. The van der Waals surface area contributed by atoms with Crippen LogP contribution in [0.25, 0.3) is 10.9 Å². The number of methoxy groups -OCH3 is 1. The van der Waals surface area contributed by atoms with Gasteiger partial charge < -0.3 is 19.9 Å². The van der Waals surface area contributed by atoms with Gasteiger partial charge in [0.15, 0.2) is 0 Å². The number of nitrogens with one attached hydrogen (secondary N) is 2. The van der Waals surface area contributed by atoms with Gasteiger partial charge in [-0.25, -0.2) is 0 Å². The number of ether oxygens (including phenoxy) is 1. The second kappa shape index (κ2) is 5.12. The number of carbonyl (C=O) groups excluding carboxylic acids is 2. The summed E-state index contributed by atoms with van der Waals surface area (Å²) < 4.78 is 5.16. The van der Waals surface area contributed by atoms with E-state index in [0.717, 1.165) is 16.7 Å². The third-order valence-electron chi connectivity index (χ3n) is 3.81. The third kappa shape index (κ3) is 2.44. The molecule has 1 aliphatic heterocycles. The molecule has 1 unspecified atom stereocenters. The van der Waals surface area contributed by atoms with Crippen LogP contribution in [0.15, 0.2) is 24.3 Å². The van der Waals surface area contributed by atoms with Crippen molar-refractivity contribution in [1.82, 2.24) is 15.2 Å². The summed E-state index contributed by atoms with van der Waals surface area (Å²) in [5.74, 6) is 0.431. The highest BCUT2D eigenvalue weighted by atomic mass is 16.5. The summed E-state index contributed by atoms with van der Waals surface area (Å²) in [7, 11) is 3.34. The molecule has 2 amide bonds. The molecule has 6 nitrogen and oxygen atoms in total. The molecule has 21 heavy (non-hydrogen) atoms. The van der Waals surface area contributed by atoms with E-state index in [9.17, 15) is 9.59 Å². The Morgan fingerprint density at radius 3 is 2.90 bits per heavy atom. The van der Waals surface area contributed by atoms with Gasteiger partial charge in [0.2, 0.25) is 5.91 Å². The minimum atomic E-state index is -0.427. The molecule has 110 valence electrons. The predicted octanol–water partition coefficient (Wildman–Crippen LogP) is 1.14. The fraction of sp³-hybridized carbons (Fsp3) is 0.333. The number of amides is 2. The summed E-state index contributed by atoms with van der Waals surface area (Å²) in [6, 6.07) is 6.88. The average molecular weight is 287 g/mol. The Morgan fingerprint density at radius 1 is 1.43 bits per heavy atom. The first-order valence-electron chi connectivity index (χ1n) is 6.81.